The predicted molar refractivity (Wildman–Crippen MR) is 134 cm³/mol. The van der Waals surface area contributed by atoms with Gasteiger partial charge in [-0.05, 0) is 44.2 Å². The maximum Gasteiger partial charge on any atom is 0.278 e. The van der Waals surface area contributed by atoms with Crippen LogP contribution in [-0.2, 0) is 0 Å². The number of ether oxygens (including phenoxy) is 2. The minimum Gasteiger partial charge on any atom is -0.507 e. The predicted octanol–water partition coefficient (Wildman–Crippen LogP) is 3.31. The zero-order valence-electron chi connectivity index (χ0n) is 20.8. The van der Waals surface area contributed by atoms with Crippen LogP contribution in [0.2, 0.25) is 0 Å². The van der Waals surface area contributed by atoms with Gasteiger partial charge in [0.05, 0.1) is 38.3 Å². The van der Waals surface area contributed by atoms with E-state index in [0.29, 0.717) is 34.5 Å². The van der Waals surface area contributed by atoms with Gasteiger partial charge in [0.2, 0.25) is 5.95 Å². The molecule has 0 unspecified atom stereocenters. The Hall–Kier alpha value is -3.60. The Morgan fingerprint density at radius 1 is 1.00 bits per heavy atom. The quantitative estimate of drug-likeness (QED) is 0.493. The van der Waals surface area contributed by atoms with Crippen molar-refractivity contribution in [3.8, 4) is 40.0 Å². The number of rotatable bonds is 7. The van der Waals surface area contributed by atoms with Crippen molar-refractivity contribution >= 4 is 5.95 Å². The number of nitrogens with one attached hydrogen (secondary N) is 1. The maximum absolute atomic E-state index is 15.5. The third-order valence-corrected chi connectivity index (χ3v) is 7.54. The highest BCUT2D eigenvalue weighted by atomic mass is 19.1. The summed E-state index contributed by atoms with van der Waals surface area (Å²) in [6.07, 6.45) is 7.99. The van der Waals surface area contributed by atoms with Gasteiger partial charge >= 0.3 is 0 Å². The van der Waals surface area contributed by atoms with Crippen LogP contribution in [-0.4, -0.2) is 74.8 Å². The zero-order valence-corrected chi connectivity index (χ0v) is 20.8. The van der Waals surface area contributed by atoms with Crippen molar-refractivity contribution in [3.63, 3.8) is 0 Å². The lowest BCUT2D eigenvalue weighted by Gasteiger charge is -2.46. The van der Waals surface area contributed by atoms with Crippen molar-refractivity contribution in [1.82, 2.24) is 30.5 Å². The highest BCUT2D eigenvalue weighted by molar-refractivity contribution is 5.72. The highest BCUT2D eigenvalue weighted by Gasteiger charge is 2.47. The summed E-state index contributed by atoms with van der Waals surface area (Å²) in [5.41, 5.74) is 2.09. The standard InChI is InChI=1S/C26H30FN7O3/c1-36-24-25(37-2)31-19(12-28-24)14-6-9-17(22(35)10-14)20-13-29-26(33-32-20)34(16-7-8-16)21-11-15-4-3-5-18(30-15)23(21)27/h6,9-10,12-13,15-16,18,21,23,30,35H,3-5,7-8,11H2,1-2H3/t15-,18-,21-,23+/m0/s1. The number of alkyl halides is 1. The topological polar surface area (TPSA) is 118 Å². The molecule has 3 fully saturated rings. The maximum atomic E-state index is 15.5. The summed E-state index contributed by atoms with van der Waals surface area (Å²) in [5, 5.41) is 23.0. The fourth-order valence-corrected chi connectivity index (χ4v) is 5.57. The number of benzene rings is 1. The number of nitrogens with zero attached hydrogens (tertiary/aromatic N) is 6. The lowest BCUT2D eigenvalue weighted by molar-refractivity contribution is 0.103. The molecule has 6 rings (SSSR count). The fraction of sp³-hybridized carbons (Fsp3) is 0.500. The molecule has 0 spiro atoms. The van der Waals surface area contributed by atoms with Crippen LogP contribution in [0.1, 0.15) is 38.5 Å². The van der Waals surface area contributed by atoms with Crippen LogP contribution >= 0.6 is 0 Å². The van der Waals surface area contributed by atoms with Crippen LogP contribution in [0.5, 0.6) is 17.5 Å². The number of aromatic hydroxyl groups is 1. The molecule has 4 atom stereocenters. The second kappa shape index (κ2) is 9.70. The minimum absolute atomic E-state index is 0.00647. The average Bonchev–Trinajstić information content (AvgIpc) is 3.77. The molecule has 10 nitrogen and oxygen atoms in total. The molecule has 4 heterocycles. The molecular weight excluding hydrogens is 477 g/mol. The number of methoxy groups -OCH3 is 2. The van der Waals surface area contributed by atoms with Crippen LogP contribution in [0.25, 0.3) is 22.5 Å². The van der Waals surface area contributed by atoms with Gasteiger partial charge in [0, 0.05) is 29.3 Å². The molecule has 2 N–H and O–H groups in total. The van der Waals surface area contributed by atoms with E-state index < -0.39 is 6.17 Å². The Morgan fingerprint density at radius 2 is 1.81 bits per heavy atom. The molecule has 2 saturated heterocycles. The summed E-state index contributed by atoms with van der Waals surface area (Å²) in [5.74, 6) is 0.991. The van der Waals surface area contributed by atoms with Gasteiger partial charge in [-0.15, -0.1) is 10.2 Å². The average molecular weight is 508 g/mol. The number of piperidine rings is 2. The number of hydrogen-bond donors (Lipinski definition) is 2. The molecular formula is C26H30FN7O3. The molecule has 2 bridgehead atoms. The Labute approximate surface area is 214 Å². The summed E-state index contributed by atoms with van der Waals surface area (Å²) in [6, 6.07) is 5.37. The molecule has 3 aliphatic rings. The molecule has 0 radical (unpaired) electrons. The van der Waals surface area contributed by atoms with E-state index in [1.54, 1.807) is 30.6 Å². The van der Waals surface area contributed by atoms with E-state index >= 15 is 4.39 Å². The molecule has 1 saturated carbocycles. The second-order valence-corrected chi connectivity index (χ2v) is 9.94. The van der Waals surface area contributed by atoms with Gasteiger partial charge in [-0.1, -0.05) is 12.5 Å². The first-order chi connectivity index (χ1) is 18.1. The highest BCUT2D eigenvalue weighted by Crippen LogP contribution is 2.39. The Balaban J connectivity index is 1.25. The van der Waals surface area contributed by atoms with Gasteiger partial charge in [0.25, 0.3) is 11.8 Å². The van der Waals surface area contributed by atoms with Crippen LogP contribution in [0.15, 0.2) is 30.6 Å². The largest absolute Gasteiger partial charge is 0.507 e. The van der Waals surface area contributed by atoms with Gasteiger partial charge in [-0.25, -0.2) is 19.3 Å². The minimum atomic E-state index is -0.961. The Morgan fingerprint density at radius 3 is 2.51 bits per heavy atom. The van der Waals surface area contributed by atoms with Gasteiger partial charge in [-0.2, -0.15) is 0 Å². The smallest absolute Gasteiger partial charge is 0.278 e. The van der Waals surface area contributed by atoms with E-state index in [2.05, 4.69) is 35.4 Å². The lowest BCUT2D eigenvalue weighted by Crippen LogP contribution is -2.62. The summed E-state index contributed by atoms with van der Waals surface area (Å²) < 4.78 is 25.8. The van der Waals surface area contributed by atoms with Crippen LogP contribution in [0.3, 0.4) is 0 Å². The van der Waals surface area contributed by atoms with Crippen molar-refractivity contribution in [2.24, 2.45) is 0 Å². The fourth-order valence-electron chi connectivity index (χ4n) is 5.57. The van der Waals surface area contributed by atoms with Crippen molar-refractivity contribution in [2.75, 3.05) is 19.1 Å². The number of fused-ring (bicyclic) bond motifs is 2. The van der Waals surface area contributed by atoms with Gasteiger partial charge < -0.3 is 24.8 Å². The van der Waals surface area contributed by atoms with E-state index in [1.807, 2.05) is 0 Å². The first kappa shape index (κ1) is 23.8. The third kappa shape index (κ3) is 4.52. The van der Waals surface area contributed by atoms with Crippen LogP contribution in [0.4, 0.5) is 10.3 Å². The third-order valence-electron chi connectivity index (χ3n) is 7.54. The summed E-state index contributed by atoms with van der Waals surface area (Å²) in [4.78, 5) is 15.2. The molecule has 11 heteroatoms. The number of phenolic OH excluding ortho intramolecular Hbond substituents is 1. The van der Waals surface area contributed by atoms with E-state index in [9.17, 15) is 5.11 Å². The van der Waals surface area contributed by atoms with Crippen molar-refractivity contribution in [1.29, 1.82) is 0 Å². The molecule has 194 valence electrons. The molecule has 2 aliphatic heterocycles. The Bertz CT molecular complexity index is 1270. The van der Waals surface area contributed by atoms with Crippen molar-refractivity contribution < 1.29 is 19.0 Å². The summed E-state index contributed by atoms with van der Waals surface area (Å²) in [6.45, 7) is 0. The van der Waals surface area contributed by atoms with Crippen molar-refractivity contribution in [3.05, 3.63) is 30.6 Å². The van der Waals surface area contributed by atoms with Gasteiger partial charge in [-0.3, -0.25) is 0 Å². The normalized spacial score (nSPS) is 24.9. The summed E-state index contributed by atoms with van der Waals surface area (Å²) in [7, 11) is 2.98. The monoisotopic (exact) mass is 507 g/mol. The summed E-state index contributed by atoms with van der Waals surface area (Å²) >= 11 is 0. The number of anilines is 1. The molecule has 2 aromatic heterocycles. The SMILES string of the molecule is COc1ncc(-c2ccc(-c3cnc(N(C4CC4)[C@H]4C[C@@H]5CCC[C@H](N5)[C@H]4F)nn3)c(O)c2)nc1OC. The number of aromatic nitrogens is 5. The van der Waals surface area contributed by atoms with Crippen LogP contribution < -0.4 is 19.7 Å². The van der Waals surface area contributed by atoms with Gasteiger partial charge in [0.1, 0.15) is 17.6 Å². The number of halogens is 1. The Kier molecular flexibility index (Phi) is 6.23. The molecule has 1 aliphatic carbocycles. The second-order valence-electron chi connectivity index (χ2n) is 9.94. The van der Waals surface area contributed by atoms with Crippen LogP contribution in [0, 0.1) is 0 Å². The molecule has 3 aromatic rings. The molecule has 1 aromatic carbocycles. The van der Waals surface area contributed by atoms with E-state index in [0.717, 1.165) is 38.5 Å². The van der Waals surface area contributed by atoms with Crippen molar-refractivity contribution in [2.45, 2.75) is 68.9 Å². The zero-order chi connectivity index (χ0) is 25.5. The van der Waals surface area contributed by atoms with Gasteiger partial charge in [0.15, 0.2) is 0 Å². The first-order valence-electron chi connectivity index (χ1n) is 12.7. The van der Waals surface area contributed by atoms with E-state index in [1.165, 1.54) is 14.2 Å². The molecule has 37 heavy (non-hydrogen) atoms. The number of phenols is 1. The van der Waals surface area contributed by atoms with E-state index in [4.69, 9.17) is 9.47 Å². The van der Waals surface area contributed by atoms with E-state index in [-0.39, 0.29) is 35.6 Å². The first-order valence-corrected chi connectivity index (χ1v) is 12.7. The number of hydrogen-bond acceptors (Lipinski definition) is 10. The molecule has 0 amide bonds. The lowest BCUT2D eigenvalue weighted by atomic mass is 9.82.